The third kappa shape index (κ3) is 4.67. The minimum Gasteiger partial charge on any atom is -0.380 e. The van der Waals surface area contributed by atoms with E-state index in [-0.39, 0.29) is 0 Å². The molecule has 0 aromatic carbocycles. The minimum atomic E-state index is 0.330. The molecule has 1 heterocycles. The van der Waals surface area contributed by atoms with E-state index in [1.807, 2.05) is 0 Å². The molecule has 124 valence electrons. The van der Waals surface area contributed by atoms with Crippen LogP contribution in [0.15, 0.2) is 0 Å². The first-order valence-electron chi connectivity index (χ1n) is 9.04. The SMILES string of the molecule is CCCCOCCN1CC2(CCCC2)NCC1C(C)(C)C. The summed E-state index contributed by atoms with van der Waals surface area (Å²) in [5, 5.41) is 3.91. The molecular weight excluding hydrogens is 260 g/mol. The van der Waals surface area contributed by atoms with Crippen LogP contribution in [0.4, 0.5) is 0 Å². The number of hydrogen-bond donors (Lipinski definition) is 1. The van der Waals surface area contributed by atoms with Crippen LogP contribution in [0.2, 0.25) is 0 Å². The highest BCUT2D eigenvalue weighted by molar-refractivity contribution is 5.03. The van der Waals surface area contributed by atoms with Crippen LogP contribution in [0.3, 0.4) is 0 Å². The Kier molecular flexibility index (Phi) is 6.10. The van der Waals surface area contributed by atoms with Gasteiger partial charge in [0.15, 0.2) is 0 Å². The van der Waals surface area contributed by atoms with Gasteiger partial charge in [-0.2, -0.15) is 0 Å². The van der Waals surface area contributed by atoms with Crippen LogP contribution < -0.4 is 5.32 Å². The van der Waals surface area contributed by atoms with Crippen LogP contribution in [0, 0.1) is 5.41 Å². The van der Waals surface area contributed by atoms with Gasteiger partial charge < -0.3 is 10.1 Å². The third-order valence-electron chi connectivity index (χ3n) is 5.34. The van der Waals surface area contributed by atoms with Gasteiger partial charge in [-0.1, -0.05) is 47.0 Å². The van der Waals surface area contributed by atoms with Gasteiger partial charge in [0.1, 0.15) is 0 Å². The molecular formula is C18H36N2O. The molecule has 0 bridgehead atoms. The second-order valence-electron chi connectivity index (χ2n) is 8.19. The number of piperazine rings is 1. The smallest absolute Gasteiger partial charge is 0.0593 e. The molecule has 1 aliphatic carbocycles. The van der Waals surface area contributed by atoms with Gasteiger partial charge in [0.2, 0.25) is 0 Å². The molecule has 1 unspecified atom stereocenters. The van der Waals surface area contributed by atoms with Crippen LogP contribution in [-0.2, 0) is 4.74 Å². The average Bonchev–Trinajstić information content (AvgIpc) is 2.85. The zero-order chi connectivity index (χ0) is 15.3. The average molecular weight is 296 g/mol. The lowest BCUT2D eigenvalue weighted by molar-refractivity contribution is 0.00152. The van der Waals surface area contributed by atoms with Crippen molar-refractivity contribution in [3.8, 4) is 0 Å². The monoisotopic (exact) mass is 296 g/mol. The van der Waals surface area contributed by atoms with Crippen molar-refractivity contribution in [1.82, 2.24) is 10.2 Å². The molecule has 2 rings (SSSR count). The summed E-state index contributed by atoms with van der Waals surface area (Å²) in [7, 11) is 0. The Morgan fingerprint density at radius 3 is 2.52 bits per heavy atom. The van der Waals surface area contributed by atoms with Crippen molar-refractivity contribution >= 4 is 0 Å². The highest BCUT2D eigenvalue weighted by Gasteiger charge is 2.43. The zero-order valence-corrected chi connectivity index (χ0v) is 14.7. The van der Waals surface area contributed by atoms with E-state index in [1.165, 1.54) is 45.1 Å². The maximum Gasteiger partial charge on any atom is 0.0593 e. The van der Waals surface area contributed by atoms with E-state index in [0.29, 0.717) is 17.0 Å². The van der Waals surface area contributed by atoms with Crippen LogP contribution in [0.1, 0.15) is 66.2 Å². The molecule has 1 atom stereocenters. The fourth-order valence-corrected chi connectivity index (χ4v) is 4.00. The molecule has 1 aliphatic heterocycles. The van der Waals surface area contributed by atoms with Gasteiger partial charge in [0.05, 0.1) is 6.61 Å². The summed E-state index contributed by atoms with van der Waals surface area (Å²) in [6.07, 6.45) is 7.92. The van der Waals surface area contributed by atoms with Gasteiger partial charge in [-0.3, -0.25) is 4.90 Å². The molecule has 3 nitrogen and oxygen atoms in total. The zero-order valence-electron chi connectivity index (χ0n) is 14.7. The Morgan fingerprint density at radius 1 is 1.19 bits per heavy atom. The van der Waals surface area contributed by atoms with Crippen molar-refractivity contribution in [2.45, 2.75) is 77.8 Å². The summed E-state index contributed by atoms with van der Waals surface area (Å²) < 4.78 is 5.83. The quantitative estimate of drug-likeness (QED) is 0.760. The maximum absolute atomic E-state index is 5.83. The molecule has 1 saturated carbocycles. The lowest BCUT2D eigenvalue weighted by Gasteiger charge is -2.50. The first-order chi connectivity index (χ1) is 9.97. The highest BCUT2D eigenvalue weighted by atomic mass is 16.5. The number of rotatable bonds is 6. The fraction of sp³-hybridized carbons (Fsp3) is 1.00. The molecule has 0 aromatic heterocycles. The van der Waals surface area contributed by atoms with Crippen LogP contribution in [0.25, 0.3) is 0 Å². The molecule has 0 radical (unpaired) electrons. The van der Waals surface area contributed by atoms with E-state index in [1.54, 1.807) is 0 Å². The predicted molar refractivity (Wildman–Crippen MR) is 89.7 cm³/mol. The van der Waals surface area contributed by atoms with Crippen LogP contribution in [0.5, 0.6) is 0 Å². The van der Waals surface area contributed by atoms with E-state index in [0.717, 1.165) is 26.3 Å². The lowest BCUT2D eigenvalue weighted by Crippen LogP contribution is -2.66. The third-order valence-corrected chi connectivity index (χ3v) is 5.34. The topological polar surface area (TPSA) is 24.5 Å². The fourth-order valence-electron chi connectivity index (χ4n) is 4.00. The summed E-state index contributed by atoms with van der Waals surface area (Å²) in [6, 6.07) is 0.624. The molecule has 2 fully saturated rings. The van der Waals surface area contributed by atoms with Crippen LogP contribution >= 0.6 is 0 Å². The van der Waals surface area contributed by atoms with Crippen molar-refractivity contribution in [1.29, 1.82) is 0 Å². The normalized spacial score (nSPS) is 26.6. The maximum atomic E-state index is 5.83. The molecule has 0 aromatic rings. The molecule has 0 amide bonds. The minimum absolute atomic E-state index is 0.330. The van der Waals surface area contributed by atoms with Crippen molar-refractivity contribution in [3.63, 3.8) is 0 Å². The lowest BCUT2D eigenvalue weighted by atomic mass is 9.81. The molecule has 1 N–H and O–H groups in total. The summed E-state index contributed by atoms with van der Waals surface area (Å²) in [4.78, 5) is 2.72. The summed E-state index contributed by atoms with van der Waals surface area (Å²) >= 11 is 0. The largest absolute Gasteiger partial charge is 0.380 e. The van der Waals surface area contributed by atoms with Gasteiger partial charge in [0, 0.05) is 37.8 Å². The number of nitrogens with zero attached hydrogens (tertiary/aromatic N) is 1. The first kappa shape index (κ1) is 17.2. The van der Waals surface area contributed by atoms with Gasteiger partial charge >= 0.3 is 0 Å². The van der Waals surface area contributed by atoms with Crippen molar-refractivity contribution in [3.05, 3.63) is 0 Å². The summed E-state index contributed by atoms with van der Waals surface area (Å²) in [6.45, 7) is 14.6. The molecule has 21 heavy (non-hydrogen) atoms. The Bertz CT molecular complexity index is 305. The Morgan fingerprint density at radius 2 is 1.90 bits per heavy atom. The van der Waals surface area contributed by atoms with E-state index < -0.39 is 0 Å². The van der Waals surface area contributed by atoms with Gasteiger partial charge in [-0.25, -0.2) is 0 Å². The standard InChI is InChI=1S/C18H36N2O/c1-5-6-12-21-13-11-20-15-18(9-7-8-10-18)19-14-16(20)17(2,3)4/h16,19H,5-15H2,1-4H3. The molecule has 2 aliphatic rings. The molecule has 1 saturated heterocycles. The van der Waals surface area contributed by atoms with Crippen molar-refractivity contribution in [2.75, 3.05) is 32.8 Å². The van der Waals surface area contributed by atoms with Crippen molar-refractivity contribution < 1.29 is 4.74 Å². The summed E-state index contributed by atoms with van der Waals surface area (Å²) in [5.74, 6) is 0. The van der Waals surface area contributed by atoms with Gasteiger partial charge in [0.25, 0.3) is 0 Å². The number of hydrogen-bond acceptors (Lipinski definition) is 3. The number of unbranched alkanes of at least 4 members (excludes halogenated alkanes) is 1. The summed E-state index contributed by atoms with van der Waals surface area (Å²) in [5.41, 5.74) is 0.738. The van der Waals surface area contributed by atoms with E-state index in [2.05, 4.69) is 37.9 Å². The van der Waals surface area contributed by atoms with E-state index in [4.69, 9.17) is 4.74 Å². The Hall–Kier alpha value is -0.120. The highest BCUT2D eigenvalue weighted by Crippen LogP contribution is 2.36. The van der Waals surface area contributed by atoms with E-state index in [9.17, 15) is 0 Å². The van der Waals surface area contributed by atoms with E-state index >= 15 is 0 Å². The second-order valence-corrected chi connectivity index (χ2v) is 8.19. The van der Waals surface area contributed by atoms with Gasteiger partial charge in [-0.15, -0.1) is 0 Å². The van der Waals surface area contributed by atoms with Crippen LogP contribution in [-0.4, -0.2) is 49.3 Å². The Labute approximate surface area is 131 Å². The van der Waals surface area contributed by atoms with Crippen molar-refractivity contribution in [2.24, 2.45) is 5.41 Å². The number of nitrogens with one attached hydrogen (secondary N) is 1. The number of ether oxygens (including phenoxy) is 1. The molecule has 3 heteroatoms. The first-order valence-corrected chi connectivity index (χ1v) is 9.04. The predicted octanol–water partition coefficient (Wildman–Crippen LogP) is 3.44. The van der Waals surface area contributed by atoms with Gasteiger partial charge in [-0.05, 0) is 24.7 Å². The second kappa shape index (κ2) is 7.43. The molecule has 1 spiro atoms. The Balaban J connectivity index is 1.90.